The second kappa shape index (κ2) is 10.3. The van der Waals surface area contributed by atoms with Crippen molar-refractivity contribution in [2.45, 2.75) is 32.4 Å². The Morgan fingerprint density at radius 1 is 0.971 bits per heavy atom. The molecule has 1 atom stereocenters. The van der Waals surface area contributed by atoms with E-state index in [1.807, 2.05) is 64.4 Å². The monoisotopic (exact) mass is 465 g/mol. The van der Waals surface area contributed by atoms with Crippen molar-refractivity contribution in [3.8, 4) is 0 Å². The van der Waals surface area contributed by atoms with Crippen LogP contribution in [0, 0.1) is 0 Å². The third-order valence-corrected chi connectivity index (χ3v) is 6.94. The Morgan fingerprint density at radius 2 is 1.71 bits per heavy atom. The molecule has 5 rings (SSSR count). The molecule has 178 valence electrons. The van der Waals surface area contributed by atoms with E-state index < -0.39 is 0 Å². The van der Waals surface area contributed by atoms with E-state index >= 15 is 0 Å². The molecule has 1 fully saturated rings. The Morgan fingerprint density at radius 3 is 2.46 bits per heavy atom. The van der Waals surface area contributed by atoms with Gasteiger partial charge in [0.1, 0.15) is 0 Å². The molecule has 1 unspecified atom stereocenters. The van der Waals surface area contributed by atoms with E-state index in [0.717, 1.165) is 55.0 Å². The van der Waals surface area contributed by atoms with Gasteiger partial charge in [-0.2, -0.15) is 0 Å². The van der Waals surface area contributed by atoms with Crippen LogP contribution in [-0.2, 0) is 22.6 Å². The summed E-state index contributed by atoms with van der Waals surface area (Å²) in [6, 6.07) is 26.6. The highest BCUT2D eigenvalue weighted by Gasteiger charge is 2.32. The molecule has 0 N–H and O–H groups in total. The predicted octanol–water partition coefficient (Wildman–Crippen LogP) is 4.92. The van der Waals surface area contributed by atoms with Gasteiger partial charge in [0.05, 0.1) is 6.04 Å². The lowest BCUT2D eigenvalue weighted by Gasteiger charge is -2.29. The first-order valence-corrected chi connectivity index (χ1v) is 12.3. The minimum absolute atomic E-state index is 0.0345. The van der Waals surface area contributed by atoms with Gasteiger partial charge in [-0.3, -0.25) is 14.5 Å². The van der Waals surface area contributed by atoms with Gasteiger partial charge in [0.15, 0.2) is 0 Å². The summed E-state index contributed by atoms with van der Waals surface area (Å²) in [7, 11) is 0. The van der Waals surface area contributed by atoms with Crippen molar-refractivity contribution < 1.29 is 9.59 Å². The molecule has 2 heterocycles. The molecule has 0 bridgehead atoms. The highest BCUT2D eigenvalue weighted by atomic mass is 16.2. The molecule has 5 nitrogen and oxygen atoms in total. The van der Waals surface area contributed by atoms with Crippen molar-refractivity contribution in [1.29, 1.82) is 0 Å². The summed E-state index contributed by atoms with van der Waals surface area (Å²) in [5.41, 5.74) is 5.22. The fourth-order valence-electron chi connectivity index (χ4n) is 5.18. The lowest BCUT2D eigenvalue weighted by Crippen LogP contribution is -2.41. The summed E-state index contributed by atoms with van der Waals surface area (Å²) in [6.07, 6.45) is 5.31. The number of carbonyl (C=O) groups excluding carboxylic acids is 2. The number of carbonyl (C=O) groups is 2. The quantitative estimate of drug-likeness (QED) is 0.486. The third-order valence-electron chi connectivity index (χ3n) is 6.94. The van der Waals surface area contributed by atoms with Gasteiger partial charge in [0.25, 0.3) is 5.91 Å². The van der Waals surface area contributed by atoms with E-state index in [0.29, 0.717) is 6.54 Å². The van der Waals surface area contributed by atoms with Crippen molar-refractivity contribution in [2.24, 2.45) is 0 Å². The number of hydrogen-bond donors (Lipinski definition) is 0. The van der Waals surface area contributed by atoms with Gasteiger partial charge in [0.2, 0.25) is 5.91 Å². The maximum absolute atomic E-state index is 13.6. The Hall–Kier alpha value is -3.70. The second-order valence-electron chi connectivity index (χ2n) is 9.35. The first-order chi connectivity index (χ1) is 17.1. The number of anilines is 2. The SMILES string of the molecule is CC(=O)N1CCc2ccc(N(C(=O)/C=C/c3ccccc3)C3CCN(Cc4ccccc4)C3)cc21. The fraction of sp³-hybridized carbons (Fsp3) is 0.267. The highest BCUT2D eigenvalue weighted by molar-refractivity contribution is 6.05. The van der Waals surface area contributed by atoms with Crippen LogP contribution in [0.3, 0.4) is 0 Å². The van der Waals surface area contributed by atoms with Crippen LogP contribution in [0.2, 0.25) is 0 Å². The second-order valence-corrected chi connectivity index (χ2v) is 9.35. The number of fused-ring (bicyclic) bond motifs is 1. The summed E-state index contributed by atoms with van der Waals surface area (Å²) in [6.45, 7) is 4.93. The van der Waals surface area contributed by atoms with Gasteiger partial charge in [-0.05, 0) is 47.7 Å². The summed E-state index contributed by atoms with van der Waals surface area (Å²) in [5.74, 6) is 0.00499. The Labute approximate surface area is 207 Å². The van der Waals surface area contributed by atoms with E-state index in [9.17, 15) is 9.59 Å². The molecule has 2 amide bonds. The van der Waals surface area contributed by atoms with Crippen molar-refractivity contribution in [3.05, 3.63) is 102 Å². The topological polar surface area (TPSA) is 43.9 Å². The molecule has 3 aromatic carbocycles. The molecule has 1 saturated heterocycles. The van der Waals surface area contributed by atoms with Crippen LogP contribution in [0.15, 0.2) is 84.9 Å². The lowest BCUT2D eigenvalue weighted by atomic mass is 10.1. The minimum Gasteiger partial charge on any atom is -0.312 e. The van der Waals surface area contributed by atoms with E-state index in [1.165, 1.54) is 5.56 Å². The highest BCUT2D eigenvalue weighted by Crippen LogP contribution is 2.34. The first-order valence-electron chi connectivity index (χ1n) is 12.3. The van der Waals surface area contributed by atoms with Crippen LogP contribution < -0.4 is 9.80 Å². The molecular formula is C30H31N3O2. The standard InChI is InChI=1S/C30H31N3O2/c1-23(34)32-19-16-26-13-14-27(20-29(26)32)33(30(35)15-12-24-8-4-2-5-9-24)28-17-18-31(22-28)21-25-10-6-3-7-11-25/h2-15,20,28H,16-19,21-22H2,1H3/b15-12+. The van der Waals surface area contributed by atoms with Crippen molar-refractivity contribution in [2.75, 3.05) is 29.4 Å². The van der Waals surface area contributed by atoms with Crippen LogP contribution in [0.25, 0.3) is 6.08 Å². The van der Waals surface area contributed by atoms with Gasteiger partial charge in [-0.25, -0.2) is 0 Å². The van der Waals surface area contributed by atoms with Gasteiger partial charge in [0, 0.05) is 50.6 Å². The average molecular weight is 466 g/mol. The van der Waals surface area contributed by atoms with E-state index in [-0.39, 0.29) is 17.9 Å². The lowest BCUT2D eigenvalue weighted by molar-refractivity contribution is -0.116. The van der Waals surface area contributed by atoms with E-state index in [4.69, 9.17) is 0 Å². The molecule has 0 aliphatic carbocycles. The largest absolute Gasteiger partial charge is 0.312 e. The summed E-state index contributed by atoms with van der Waals surface area (Å²) in [4.78, 5) is 32.0. The Bertz CT molecular complexity index is 1220. The summed E-state index contributed by atoms with van der Waals surface area (Å²) < 4.78 is 0. The number of nitrogens with zero attached hydrogens (tertiary/aromatic N) is 3. The minimum atomic E-state index is -0.0345. The molecule has 0 spiro atoms. The fourth-order valence-corrected chi connectivity index (χ4v) is 5.18. The molecule has 2 aliphatic rings. The van der Waals surface area contributed by atoms with Gasteiger partial charge >= 0.3 is 0 Å². The van der Waals surface area contributed by atoms with Crippen molar-refractivity contribution >= 4 is 29.3 Å². The van der Waals surface area contributed by atoms with Crippen molar-refractivity contribution in [1.82, 2.24) is 4.90 Å². The van der Waals surface area contributed by atoms with E-state index in [2.05, 4.69) is 35.2 Å². The molecule has 0 aromatic heterocycles. The molecule has 5 heteroatoms. The number of amides is 2. The van der Waals surface area contributed by atoms with Crippen LogP contribution in [0.4, 0.5) is 11.4 Å². The maximum Gasteiger partial charge on any atom is 0.251 e. The molecule has 2 aliphatic heterocycles. The van der Waals surface area contributed by atoms with Gasteiger partial charge in [-0.1, -0.05) is 66.7 Å². The molecular weight excluding hydrogens is 434 g/mol. The maximum atomic E-state index is 13.6. The van der Waals surface area contributed by atoms with Gasteiger partial charge in [-0.15, -0.1) is 0 Å². The zero-order chi connectivity index (χ0) is 24.2. The van der Waals surface area contributed by atoms with Crippen LogP contribution >= 0.6 is 0 Å². The number of rotatable bonds is 6. The summed E-state index contributed by atoms with van der Waals surface area (Å²) in [5, 5.41) is 0. The summed E-state index contributed by atoms with van der Waals surface area (Å²) >= 11 is 0. The molecule has 0 saturated carbocycles. The normalized spacial score (nSPS) is 17.6. The average Bonchev–Trinajstić information content (AvgIpc) is 3.51. The zero-order valence-corrected chi connectivity index (χ0v) is 20.1. The van der Waals surface area contributed by atoms with Gasteiger partial charge < -0.3 is 9.80 Å². The Balaban J connectivity index is 1.42. The number of hydrogen-bond acceptors (Lipinski definition) is 3. The first kappa shape index (κ1) is 23.1. The Kier molecular flexibility index (Phi) is 6.77. The zero-order valence-electron chi connectivity index (χ0n) is 20.1. The predicted molar refractivity (Wildman–Crippen MR) is 141 cm³/mol. The van der Waals surface area contributed by atoms with E-state index in [1.54, 1.807) is 13.0 Å². The third kappa shape index (κ3) is 5.20. The van der Waals surface area contributed by atoms with Crippen LogP contribution in [-0.4, -0.2) is 42.4 Å². The van der Waals surface area contributed by atoms with Crippen molar-refractivity contribution in [3.63, 3.8) is 0 Å². The molecule has 35 heavy (non-hydrogen) atoms. The molecule has 0 radical (unpaired) electrons. The smallest absolute Gasteiger partial charge is 0.251 e. The molecule has 3 aromatic rings. The van der Waals surface area contributed by atoms with Crippen LogP contribution in [0.1, 0.15) is 30.0 Å². The van der Waals surface area contributed by atoms with Crippen LogP contribution in [0.5, 0.6) is 0 Å². The number of likely N-dealkylation sites (tertiary alicyclic amines) is 1. The number of benzene rings is 3.